The number of nitrogens with zero attached hydrogens (tertiary/aromatic N) is 1. The summed E-state index contributed by atoms with van der Waals surface area (Å²) in [6, 6.07) is 0. The molecule has 158 valence electrons. The van der Waals surface area contributed by atoms with E-state index >= 15 is 0 Å². The van der Waals surface area contributed by atoms with E-state index < -0.39 is 0 Å². The number of rotatable bonds is 18. The standard InChI is InChI=1S/C24H46N2O/c1-5-7-8-9-10-11-12-13-14-15-16-17-18-19-20-21-24(4,6-2)23-25-22(3)27-26-23/h3,5-21H2,1-2,4H3,(H,25,26). The molecule has 1 atom stereocenters. The summed E-state index contributed by atoms with van der Waals surface area (Å²) in [7, 11) is 0. The van der Waals surface area contributed by atoms with Crippen LogP contribution in [-0.2, 0) is 4.84 Å². The molecule has 1 aliphatic heterocycles. The average molecular weight is 379 g/mol. The zero-order chi connectivity index (χ0) is 19.8. The molecule has 0 saturated heterocycles. The molecule has 0 aliphatic carbocycles. The Kier molecular flexibility index (Phi) is 13.4. The van der Waals surface area contributed by atoms with Crippen LogP contribution in [-0.4, -0.2) is 5.84 Å². The van der Waals surface area contributed by atoms with Gasteiger partial charge >= 0.3 is 0 Å². The maximum Gasteiger partial charge on any atom is 0.240 e. The highest BCUT2D eigenvalue weighted by atomic mass is 16.7. The van der Waals surface area contributed by atoms with Gasteiger partial charge < -0.3 is 4.84 Å². The second-order valence-corrected chi connectivity index (χ2v) is 8.67. The van der Waals surface area contributed by atoms with Crippen molar-refractivity contribution in [2.24, 2.45) is 10.4 Å². The lowest BCUT2D eigenvalue weighted by molar-refractivity contribution is 0.169. The largest absolute Gasteiger partial charge is 0.361 e. The Morgan fingerprint density at radius 2 is 1.22 bits per heavy atom. The molecule has 0 aromatic rings. The highest BCUT2D eigenvalue weighted by molar-refractivity contribution is 5.88. The fraction of sp³-hybridized carbons (Fsp3) is 0.875. The highest BCUT2D eigenvalue weighted by Gasteiger charge is 2.31. The van der Waals surface area contributed by atoms with Gasteiger partial charge in [-0.25, -0.2) is 5.48 Å². The van der Waals surface area contributed by atoms with Crippen LogP contribution in [0, 0.1) is 5.41 Å². The lowest BCUT2D eigenvalue weighted by atomic mass is 9.81. The van der Waals surface area contributed by atoms with Crippen LogP contribution in [0.1, 0.15) is 130 Å². The SMILES string of the molecule is C=C1N=C(C(C)(CC)CCCCCCCCCCCCCCCCC)NO1. The smallest absolute Gasteiger partial charge is 0.240 e. The summed E-state index contributed by atoms with van der Waals surface area (Å²) in [4.78, 5) is 9.60. The van der Waals surface area contributed by atoms with Crippen molar-refractivity contribution < 1.29 is 4.84 Å². The van der Waals surface area contributed by atoms with Crippen molar-refractivity contribution >= 4 is 5.84 Å². The maximum atomic E-state index is 5.19. The summed E-state index contributed by atoms with van der Waals surface area (Å²) in [6.07, 6.45) is 23.4. The predicted molar refractivity (Wildman–Crippen MR) is 119 cm³/mol. The fourth-order valence-corrected chi connectivity index (χ4v) is 3.88. The maximum absolute atomic E-state index is 5.19. The van der Waals surface area contributed by atoms with Crippen LogP contribution >= 0.6 is 0 Å². The molecule has 1 unspecified atom stereocenters. The number of hydrogen-bond donors (Lipinski definition) is 1. The Hall–Kier alpha value is -0.990. The first-order valence-corrected chi connectivity index (χ1v) is 11.8. The van der Waals surface area contributed by atoms with Crippen molar-refractivity contribution in [3.8, 4) is 0 Å². The molecular weight excluding hydrogens is 332 g/mol. The number of aliphatic imine (C=N–C) groups is 1. The van der Waals surface area contributed by atoms with Crippen LogP contribution in [0.5, 0.6) is 0 Å². The quantitative estimate of drug-likeness (QED) is 0.245. The third-order valence-electron chi connectivity index (χ3n) is 6.19. The molecule has 3 nitrogen and oxygen atoms in total. The third kappa shape index (κ3) is 10.8. The Morgan fingerprint density at radius 1 is 0.778 bits per heavy atom. The van der Waals surface area contributed by atoms with Crippen LogP contribution < -0.4 is 5.48 Å². The highest BCUT2D eigenvalue weighted by Crippen LogP contribution is 2.32. The van der Waals surface area contributed by atoms with E-state index in [0.717, 1.165) is 12.3 Å². The van der Waals surface area contributed by atoms with E-state index in [2.05, 4.69) is 37.8 Å². The van der Waals surface area contributed by atoms with Gasteiger partial charge in [0.25, 0.3) is 0 Å². The summed E-state index contributed by atoms with van der Waals surface area (Å²) in [5, 5.41) is 0. The average Bonchev–Trinajstić information content (AvgIpc) is 3.11. The minimum atomic E-state index is 0.0932. The minimum Gasteiger partial charge on any atom is -0.361 e. The van der Waals surface area contributed by atoms with Gasteiger partial charge in [0.1, 0.15) is 5.84 Å². The number of nitrogens with one attached hydrogen (secondary N) is 1. The lowest BCUT2D eigenvalue weighted by Crippen LogP contribution is -2.35. The molecule has 0 fully saturated rings. The number of amidine groups is 1. The van der Waals surface area contributed by atoms with Crippen LogP contribution in [0.2, 0.25) is 0 Å². The molecule has 1 N–H and O–H groups in total. The first kappa shape index (κ1) is 24.0. The molecular formula is C24H46N2O. The molecule has 0 aromatic heterocycles. The van der Waals surface area contributed by atoms with Gasteiger partial charge in [0.2, 0.25) is 5.88 Å². The first-order valence-electron chi connectivity index (χ1n) is 11.8. The van der Waals surface area contributed by atoms with Crippen molar-refractivity contribution in [2.45, 2.75) is 130 Å². The van der Waals surface area contributed by atoms with Gasteiger partial charge in [0.05, 0.1) is 0 Å². The van der Waals surface area contributed by atoms with Gasteiger partial charge in [-0.3, -0.25) is 0 Å². The van der Waals surface area contributed by atoms with Gasteiger partial charge in [-0.2, -0.15) is 4.99 Å². The van der Waals surface area contributed by atoms with Crippen LogP contribution in [0.4, 0.5) is 0 Å². The Balaban J connectivity index is 1.90. The van der Waals surface area contributed by atoms with Crippen LogP contribution in [0.15, 0.2) is 17.5 Å². The molecule has 0 amide bonds. The molecule has 0 saturated carbocycles. The molecule has 0 radical (unpaired) electrons. The zero-order valence-corrected chi connectivity index (χ0v) is 18.6. The molecule has 1 rings (SSSR count). The van der Waals surface area contributed by atoms with E-state index in [9.17, 15) is 0 Å². The molecule has 0 spiro atoms. The van der Waals surface area contributed by atoms with Crippen molar-refractivity contribution in [1.82, 2.24) is 5.48 Å². The van der Waals surface area contributed by atoms with E-state index in [1.54, 1.807) is 0 Å². The summed E-state index contributed by atoms with van der Waals surface area (Å²) in [6.45, 7) is 10.6. The van der Waals surface area contributed by atoms with Crippen molar-refractivity contribution in [1.29, 1.82) is 0 Å². The fourth-order valence-electron chi connectivity index (χ4n) is 3.88. The molecule has 27 heavy (non-hydrogen) atoms. The normalized spacial score (nSPS) is 16.0. The van der Waals surface area contributed by atoms with Crippen molar-refractivity contribution in [3.63, 3.8) is 0 Å². The Morgan fingerprint density at radius 3 is 1.59 bits per heavy atom. The van der Waals surface area contributed by atoms with E-state index in [-0.39, 0.29) is 5.41 Å². The van der Waals surface area contributed by atoms with Gasteiger partial charge in [-0.15, -0.1) is 0 Å². The number of unbranched alkanes of at least 4 members (excludes halogenated alkanes) is 14. The third-order valence-corrected chi connectivity index (χ3v) is 6.19. The molecule has 1 heterocycles. The lowest BCUT2D eigenvalue weighted by Gasteiger charge is -2.27. The number of hydroxylamine groups is 1. The summed E-state index contributed by atoms with van der Waals surface area (Å²) in [5.41, 5.74) is 3.04. The first-order chi connectivity index (χ1) is 13.1. The molecule has 3 heteroatoms. The molecule has 0 bridgehead atoms. The topological polar surface area (TPSA) is 33.6 Å². The Bertz CT molecular complexity index is 419. The second-order valence-electron chi connectivity index (χ2n) is 8.67. The number of hydrogen-bond acceptors (Lipinski definition) is 3. The summed E-state index contributed by atoms with van der Waals surface area (Å²) in [5.74, 6) is 1.45. The van der Waals surface area contributed by atoms with Crippen molar-refractivity contribution in [3.05, 3.63) is 12.5 Å². The van der Waals surface area contributed by atoms with Crippen molar-refractivity contribution in [2.75, 3.05) is 0 Å². The summed E-state index contributed by atoms with van der Waals surface area (Å²) < 4.78 is 0. The summed E-state index contributed by atoms with van der Waals surface area (Å²) >= 11 is 0. The van der Waals surface area contributed by atoms with Gasteiger partial charge in [0, 0.05) is 5.41 Å². The van der Waals surface area contributed by atoms with Gasteiger partial charge in [-0.05, 0) is 19.4 Å². The monoisotopic (exact) mass is 378 g/mol. The molecule has 0 aromatic carbocycles. The zero-order valence-electron chi connectivity index (χ0n) is 18.6. The molecule has 1 aliphatic rings. The van der Waals surface area contributed by atoms with E-state index in [0.29, 0.717) is 5.88 Å². The predicted octanol–water partition coefficient (Wildman–Crippen LogP) is 8.07. The van der Waals surface area contributed by atoms with Crippen LogP contribution in [0.25, 0.3) is 0 Å². The van der Waals surface area contributed by atoms with E-state index in [4.69, 9.17) is 4.84 Å². The van der Waals surface area contributed by atoms with Gasteiger partial charge in [-0.1, -0.05) is 117 Å². The van der Waals surface area contributed by atoms with E-state index in [1.807, 2.05) is 0 Å². The minimum absolute atomic E-state index is 0.0932. The van der Waals surface area contributed by atoms with Gasteiger partial charge in [0.15, 0.2) is 0 Å². The second kappa shape index (κ2) is 15.0. The van der Waals surface area contributed by atoms with Crippen LogP contribution in [0.3, 0.4) is 0 Å². The Labute approximate surface area is 169 Å². The van der Waals surface area contributed by atoms with E-state index in [1.165, 1.54) is 103 Å².